The Hall–Kier alpha value is -4.88. The number of aliphatic hydroxyl groups is 2. The minimum atomic E-state index is -1.97. The molecule has 0 bridgehead atoms. The Labute approximate surface area is 292 Å². The zero-order chi connectivity index (χ0) is 35.3. The van der Waals surface area contributed by atoms with Crippen LogP contribution in [0.3, 0.4) is 0 Å². The van der Waals surface area contributed by atoms with Crippen molar-refractivity contribution in [2.45, 2.75) is 32.0 Å². The van der Waals surface area contributed by atoms with Gasteiger partial charge in [-0.05, 0) is 41.5 Å². The van der Waals surface area contributed by atoms with Crippen LogP contribution in [0.5, 0.6) is 0 Å². The van der Waals surface area contributed by atoms with E-state index >= 15 is 0 Å². The topological polar surface area (TPSA) is 146 Å². The summed E-state index contributed by atoms with van der Waals surface area (Å²) in [6.45, 7) is 5.14. The molecule has 2 saturated heterocycles. The molecule has 12 heteroatoms. The predicted octanol–water partition coefficient (Wildman–Crippen LogP) is 1.90. The molecule has 12 nitrogen and oxygen atoms in total. The lowest BCUT2D eigenvalue weighted by molar-refractivity contribution is -0.139. The molecule has 0 spiro atoms. The van der Waals surface area contributed by atoms with Crippen molar-refractivity contribution < 1.29 is 29.4 Å². The molecule has 3 aliphatic rings. The van der Waals surface area contributed by atoms with Gasteiger partial charge in [0.15, 0.2) is 5.60 Å². The maximum absolute atomic E-state index is 14.3. The van der Waals surface area contributed by atoms with Gasteiger partial charge in [0.05, 0.1) is 31.9 Å². The highest BCUT2D eigenvalue weighted by Crippen LogP contribution is 2.47. The maximum Gasteiger partial charge on any atom is 0.264 e. The molecule has 2 fully saturated rings. The number of rotatable bonds is 12. The van der Waals surface area contributed by atoms with E-state index in [-0.39, 0.29) is 56.9 Å². The molecule has 3 aromatic carbocycles. The van der Waals surface area contributed by atoms with Crippen molar-refractivity contribution in [2.75, 3.05) is 67.1 Å². The quantitative estimate of drug-likeness (QED) is 0.213. The number of anilines is 3. The van der Waals surface area contributed by atoms with Gasteiger partial charge < -0.3 is 40.4 Å². The first-order valence-corrected chi connectivity index (χ1v) is 17.1. The van der Waals surface area contributed by atoms with Crippen LogP contribution in [0.25, 0.3) is 0 Å². The van der Waals surface area contributed by atoms with Crippen molar-refractivity contribution in [3.05, 3.63) is 102 Å². The molecule has 3 heterocycles. The van der Waals surface area contributed by atoms with Crippen LogP contribution in [0, 0.1) is 5.92 Å². The molecule has 2 atom stereocenters. The monoisotopic (exact) mass is 680 g/mol. The Bertz CT molecular complexity index is 1750. The van der Waals surface area contributed by atoms with E-state index in [1.165, 1.54) is 0 Å². The number of hydrogen-bond acceptors (Lipinski definition) is 8. The van der Waals surface area contributed by atoms with Gasteiger partial charge in [-0.1, -0.05) is 61.5 Å². The zero-order valence-corrected chi connectivity index (χ0v) is 28.3. The van der Waals surface area contributed by atoms with E-state index in [0.717, 1.165) is 16.8 Å². The summed E-state index contributed by atoms with van der Waals surface area (Å²) in [5.41, 5.74) is 2.11. The van der Waals surface area contributed by atoms with Crippen molar-refractivity contribution in [2.24, 2.45) is 5.92 Å². The fraction of sp³-hybridized carbons (Fsp3) is 0.368. The van der Waals surface area contributed by atoms with Gasteiger partial charge in [0.1, 0.15) is 0 Å². The third kappa shape index (κ3) is 7.19. The molecule has 4 amide bonds. The molecule has 3 aliphatic heterocycles. The number of fused-ring (bicyclic) bond motifs is 1. The Morgan fingerprint density at radius 2 is 1.54 bits per heavy atom. The van der Waals surface area contributed by atoms with E-state index in [1.807, 2.05) is 54.6 Å². The molecule has 4 N–H and O–H groups in total. The van der Waals surface area contributed by atoms with Crippen molar-refractivity contribution >= 4 is 40.7 Å². The van der Waals surface area contributed by atoms with Crippen LogP contribution in [0.1, 0.15) is 30.0 Å². The van der Waals surface area contributed by atoms with Crippen LogP contribution in [0.15, 0.2) is 84.9 Å². The highest BCUT2D eigenvalue weighted by molar-refractivity contribution is 6.08. The van der Waals surface area contributed by atoms with Gasteiger partial charge in [0.2, 0.25) is 17.7 Å². The first-order valence-electron chi connectivity index (χ1n) is 17.1. The normalized spacial score (nSPS) is 20.1. The third-order valence-corrected chi connectivity index (χ3v) is 9.65. The smallest absolute Gasteiger partial charge is 0.264 e. The van der Waals surface area contributed by atoms with Gasteiger partial charge in [-0.15, -0.1) is 0 Å². The van der Waals surface area contributed by atoms with E-state index in [2.05, 4.69) is 10.6 Å². The Morgan fingerprint density at radius 1 is 0.900 bits per heavy atom. The van der Waals surface area contributed by atoms with Gasteiger partial charge in [-0.25, -0.2) is 0 Å². The van der Waals surface area contributed by atoms with Crippen molar-refractivity contribution in [1.29, 1.82) is 0 Å². The van der Waals surface area contributed by atoms with Gasteiger partial charge in [-0.3, -0.25) is 19.2 Å². The second-order valence-corrected chi connectivity index (χ2v) is 12.9. The van der Waals surface area contributed by atoms with Crippen LogP contribution in [0.2, 0.25) is 0 Å². The highest BCUT2D eigenvalue weighted by Gasteiger charge is 2.52. The maximum atomic E-state index is 14.3. The Kier molecular flexibility index (Phi) is 10.7. The summed E-state index contributed by atoms with van der Waals surface area (Å²) in [5, 5.41) is 28.1. The van der Waals surface area contributed by atoms with Crippen LogP contribution < -0.4 is 25.3 Å². The van der Waals surface area contributed by atoms with E-state index in [9.17, 15) is 29.4 Å². The molecule has 0 unspecified atom stereocenters. The van der Waals surface area contributed by atoms with E-state index in [4.69, 9.17) is 0 Å². The molecule has 0 radical (unpaired) electrons. The summed E-state index contributed by atoms with van der Waals surface area (Å²) < 4.78 is 0. The lowest BCUT2D eigenvalue weighted by Gasteiger charge is -2.30. The lowest BCUT2D eigenvalue weighted by atomic mass is 9.82. The summed E-state index contributed by atoms with van der Waals surface area (Å²) in [6.07, 6.45) is 3.37. The number of carbonyl (C=O) groups excluding carboxylic acids is 4. The van der Waals surface area contributed by atoms with Gasteiger partial charge >= 0.3 is 0 Å². The summed E-state index contributed by atoms with van der Waals surface area (Å²) in [7, 11) is 0. The number of piperazine rings is 2. The molecule has 6 rings (SSSR count). The second-order valence-electron chi connectivity index (χ2n) is 12.9. The van der Waals surface area contributed by atoms with E-state index < -0.39 is 17.4 Å². The lowest BCUT2D eigenvalue weighted by Crippen LogP contribution is -2.48. The van der Waals surface area contributed by atoms with Gasteiger partial charge in [0, 0.05) is 68.5 Å². The average Bonchev–Trinajstić information content (AvgIpc) is 3.34. The summed E-state index contributed by atoms with van der Waals surface area (Å²) in [5.74, 6) is -1.53. The zero-order valence-electron chi connectivity index (χ0n) is 28.3. The SMILES string of the molecule is C[C@H](/C=C/CC(=O)N(CCO)Cc1ccccc1)[C@@]1(O)C(=O)N(Cc2ccc(N3CCNCC3=O)cc2)c2ccc(N3CCNCC3=O)cc21. The standard InChI is InChI=1S/C38H44N6O6/c1-27(6-5-9-34(46)41(20-21-45)25-28-7-3-2-4-8-28)38(50)32-22-31(43-19-17-40-24-36(43)48)14-15-33(32)44(37(38)49)26-29-10-12-30(13-11-29)42-18-16-39-23-35(42)47/h2-8,10-15,22,27,39-40,45,50H,9,16-21,23-26H2,1H3/b6-5+/t27-,38+/m1/s1. The molecule has 262 valence electrons. The fourth-order valence-electron chi connectivity index (χ4n) is 6.84. The van der Waals surface area contributed by atoms with Crippen molar-refractivity contribution in [3.8, 4) is 0 Å². The van der Waals surface area contributed by atoms with Gasteiger partial charge in [0.25, 0.3) is 5.91 Å². The number of nitrogens with one attached hydrogen (secondary N) is 2. The molecular formula is C38H44N6O6. The molecule has 50 heavy (non-hydrogen) atoms. The van der Waals surface area contributed by atoms with E-state index in [1.54, 1.807) is 56.9 Å². The van der Waals surface area contributed by atoms with Crippen molar-refractivity contribution in [1.82, 2.24) is 15.5 Å². The van der Waals surface area contributed by atoms with Crippen molar-refractivity contribution in [3.63, 3.8) is 0 Å². The predicted molar refractivity (Wildman–Crippen MR) is 190 cm³/mol. The van der Waals surface area contributed by atoms with Crippen LogP contribution in [0.4, 0.5) is 17.1 Å². The molecule has 0 aliphatic carbocycles. The average molecular weight is 681 g/mol. The number of nitrogens with zero attached hydrogens (tertiary/aromatic N) is 4. The third-order valence-electron chi connectivity index (χ3n) is 9.65. The Morgan fingerprint density at radius 3 is 2.18 bits per heavy atom. The summed E-state index contributed by atoms with van der Waals surface area (Å²) >= 11 is 0. The largest absolute Gasteiger partial charge is 0.395 e. The number of carbonyl (C=O) groups is 4. The van der Waals surface area contributed by atoms with Crippen LogP contribution >= 0.6 is 0 Å². The van der Waals surface area contributed by atoms with E-state index in [0.29, 0.717) is 49.7 Å². The first kappa shape index (κ1) is 35.0. The van der Waals surface area contributed by atoms with Gasteiger partial charge in [-0.2, -0.15) is 0 Å². The molecular weight excluding hydrogens is 636 g/mol. The highest BCUT2D eigenvalue weighted by atomic mass is 16.3. The molecule has 3 aromatic rings. The second kappa shape index (κ2) is 15.3. The molecule has 0 aromatic heterocycles. The minimum Gasteiger partial charge on any atom is -0.395 e. The number of hydrogen-bond donors (Lipinski definition) is 4. The fourth-order valence-corrected chi connectivity index (χ4v) is 6.84. The number of amides is 4. The summed E-state index contributed by atoms with van der Waals surface area (Å²) in [4.78, 5) is 59.2. The van der Waals surface area contributed by atoms with Crippen LogP contribution in [-0.2, 0) is 37.9 Å². The Balaban J connectivity index is 1.25. The number of aliphatic hydroxyl groups excluding tert-OH is 1. The number of benzene rings is 3. The summed E-state index contributed by atoms with van der Waals surface area (Å²) in [6, 6.07) is 22.3. The minimum absolute atomic E-state index is 0.00229. The van der Waals surface area contributed by atoms with Crippen LogP contribution in [-0.4, -0.2) is 91.2 Å². The first-order chi connectivity index (χ1) is 24.2. The molecule has 0 saturated carbocycles.